The van der Waals surface area contributed by atoms with E-state index in [1.165, 1.54) is 12.1 Å². The van der Waals surface area contributed by atoms with E-state index in [-0.39, 0.29) is 15.5 Å². The lowest BCUT2D eigenvalue weighted by Gasteiger charge is -2.20. The van der Waals surface area contributed by atoms with Gasteiger partial charge in [0, 0.05) is 10.6 Å². The van der Waals surface area contributed by atoms with Crippen LogP contribution in [0, 0.1) is 0 Å². The lowest BCUT2D eigenvalue weighted by atomic mass is 10.1. The quantitative estimate of drug-likeness (QED) is 0.893. The van der Waals surface area contributed by atoms with Crippen molar-refractivity contribution in [2.45, 2.75) is 31.2 Å². The average molecular weight is 292 g/mol. The zero-order valence-electron chi connectivity index (χ0n) is 10.2. The van der Waals surface area contributed by atoms with E-state index in [1.807, 2.05) is 0 Å². The van der Waals surface area contributed by atoms with E-state index >= 15 is 0 Å². The summed E-state index contributed by atoms with van der Waals surface area (Å²) < 4.78 is 26.5. The summed E-state index contributed by atoms with van der Waals surface area (Å²) in [5, 5.41) is 8.92. The molecule has 0 spiro atoms. The number of benzene rings is 1. The number of nitrogens with one attached hydrogen (secondary N) is 1. The molecular formula is C11H14ClNO4S. The number of hydrogen-bond acceptors (Lipinski definition) is 3. The van der Waals surface area contributed by atoms with Gasteiger partial charge in [0.05, 0.1) is 10.5 Å². The number of carbonyl (C=O) groups is 1. The summed E-state index contributed by atoms with van der Waals surface area (Å²) in [5.41, 5.74) is -0.832. The van der Waals surface area contributed by atoms with E-state index in [1.54, 1.807) is 20.8 Å². The minimum absolute atomic E-state index is 0.0594. The first-order valence-electron chi connectivity index (χ1n) is 5.09. The molecule has 0 bridgehead atoms. The molecule has 0 heterocycles. The van der Waals surface area contributed by atoms with Crippen molar-refractivity contribution >= 4 is 27.6 Å². The van der Waals surface area contributed by atoms with Gasteiger partial charge in [0.25, 0.3) is 0 Å². The van der Waals surface area contributed by atoms with Gasteiger partial charge in [-0.25, -0.2) is 17.9 Å². The molecular weight excluding hydrogens is 278 g/mol. The Bertz CT molecular complexity index is 575. The third-order valence-electron chi connectivity index (χ3n) is 1.87. The van der Waals surface area contributed by atoms with Crippen LogP contribution in [0.15, 0.2) is 23.1 Å². The molecule has 0 atom stereocenters. The van der Waals surface area contributed by atoms with Crippen LogP contribution in [0.2, 0.25) is 5.02 Å². The maximum absolute atomic E-state index is 12.0. The molecule has 0 unspecified atom stereocenters. The number of carboxylic acids is 1. The Labute approximate surface area is 111 Å². The minimum Gasteiger partial charge on any atom is -0.478 e. The summed E-state index contributed by atoms with van der Waals surface area (Å²) in [6.45, 7) is 5.06. The van der Waals surface area contributed by atoms with E-state index in [0.29, 0.717) is 0 Å². The van der Waals surface area contributed by atoms with Gasteiger partial charge in [0.2, 0.25) is 10.0 Å². The van der Waals surface area contributed by atoms with Gasteiger partial charge in [-0.05, 0) is 39.0 Å². The summed E-state index contributed by atoms with van der Waals surface area (Å²) in [7, 11) is -3.79. The molecule has 5 nitrogen and oxygen atoms in total. The van der Waals surface area contributed by atoms with Crippen LogP contribution in [0.5, 0.6) is 0 Å². The fraction of sp³-hybridized carbons (Fsp3) is 0.364. The van der Waals surface area contributed by atoms with Gasteiger partial charge < -0.3 is 5.11 Å². The summed E-state index contributed by atoms with van der Waals surface area (Å²) in [6.07, 6.45) is 0. The Kier molecular flexibility index (Phi) is 4.05. The van der Waals surface area contributed by atoms with Crippen LogP contribution in [0.3, 0.4) is 0 Å². The van der Waals surface area contributed by atoms with Gasteiger partial charge in [-0.15, -0.1) is 0 Å². The monoisotopic (exact) mass is 291 g/mol. The zero-order valence-corrected chi connectivity index (χ0v) is 11.8. The Morgan fingerprint density at radius 2 is 1.83 bits per heavy atom. The van der Waals surface area contributed by atoms with Crippen molar-refractivity contribution in [3.05, 3.63) is 28.8 Å². The van der Waals surface area contributed by atoms with Crippen LogP contribution in [0.4, 0.5) is 0 Å². The Balaban J connectivity index is 3.29. The van der Waals surface area contributed by atoms with Gasteiger partial charge in [-0.2, -0.15) is 0 Å². The third kappa shape index (κ3) is 3.97. The second-order valence-electron chi connectivity index (χ2n) is 4.84. The summed E-state index contributed by atoms with van der Waals surface area (Å²) in [5.74, 6) is -1.23. The summed E-state index contributed by atoms with van der Waals surface area (Å²) in [4.78, 5) is 10.7. The highest BCUT2D eigenvalue weighted by atomic mass is 35.5. The predicted molar refractivity (Wildman–Crippen MR) is 68.5 cm³/mol. The molecule has 18 heavy (non-hydrogen) atoms. The molecule has 0 aromatic heterocycles. The van der Waals surface area contributed by atoms with Crippen molar-refractivity contribution in [1.29, 1.82) is 0 Å². The predicted octanol–water partition coefficient (Wildman–Crippen LogP) is 2.12. The first-order chi connectivity index (χ1) is 8.01. The summed E-state index contributed by atoms with van der Waals surface area (Å²) in [6, 6.07) is 3.48. The van der Waals surface area contributed by atoms with Crippen molar-refractivity contribution in [2.24, 2.45) is 0 Å². The van der Waals surface area contributed by atoms with Gasteiger partial charge in [-0.3, -0.25) is 0 Å². The highest BCUT2D eigenvalue weighted by Gasteiger charge is 2.23. The minimum atomic E-state index is -3.79. The zero-order chi connectivity index (χ0) is 14.1. The van der Waals surface area contributed by atoms with Crippen molar-refractivity contribution in [3.8, 4) is 0 Å². The number of rotatable bonds is 3. The third-order valence-corrected chi connectivity index (χ3v) is 3.82. The first kappa shape index (κ1) is 14.9. The van der Waals surface area contributed by atoms with Gasteiger partial charge in [0.15, 0.2) is 0 Å². The Hall–Kier alpha value is -1.11. The molecule has 1 rings (SSSR count). The van der Waals surface area contributed by atoms with E-state index in [4.69, 9.17) is 16.7 Å². The van der Waals surface area contributed by atoms with E-state index in [9.17, 15) is 13.2 Å². The van der Waals surface area contributed by atoms with Crippen molar-refractivity contribution in [2.75, 3.05) is 0 Å². The molecule has 0 aliphatic heterocycles. The lowest BCUT2D eigenvalue weighted by Crippen LogP contribution is -2.40. The van der Waals surface area contributed by atoms with Crippen LogP contribution in [-0.4, -0.2) is 25.0 Å². The van der Waals surface area contributed by atoms with Crippen LogP contribution < -0.4 is 4.72 Å². The van der Waals surface area contributed by atoms with Crippen LogP contribution in [0.25, 0.3) is 0 Å². The molecule has 0 radical (unpaired) electrons. The molecule has 1 aromatic carbocycles. The Morgan fingerprint density at radius 1 is 1.28 bits per heavy atom. The Morgan fingerprint density at radius 3 is 2.28 bits per heavy atom. The fourth-order valence-corrected chi connectivity index (χ4v) is 3.09. The second kappa shape index (κ2) is 4.87. The van der Waals surface area contributed by atoms with Gasteiger partial charge in [-0.1, -0.05) is 11.6 Å². The standard InChI is InChI=1S/C11H14ClNO4S/c1-11(2,3)13-18(16,17)9-5-7(10(14)15)4-8(12)6-9/h4-6,13H,1-3H3,(H,14,15). The molecule has 2 N–H and O–H groups in total. The number of aromatic carboxylic acids is 1. The van der Waals surface area contributed by atoms with E-state index in [0.717, 1.165) is 6.07 Å². The van der Waals surface area contributed by atoms with Crippen molar-refractivity contribution < 1.29 is 18.3 Å². The molecule has 0 saturated carbocycles. The number of sulfonamides is 1. The molecule has 0 saturated heterocycles. The molecule has 0 fully saturated rings. The number of carboxylic acid groups (broad SMARTS) is 1. The summed E-state index contributed by atoms with van der Waals surface area (Å²) >= 11 is 5.72. The largest absolute Gasteiger partial charge is 0.478 e. The molecule has 100 valence electrons. The second-order valence-corrected chi connectivity index (χ2v) is 6.96. The molecule has 0 amide bonds. The lowest BCUT2D eigenvalue weighted by molar-refractivity contribution is 0.0696. The maximum Gasteiger partial charge on any atom is 0.335 e. The van der Waals surface area contributed by atoms with Gasteiger partial charge in [0.1, 0.15) is 0 Å². The molecule has 7 heteroatoms. The van der Waals surface area contributed by atoms with Crippen LogP contribution in [-0.2, 0) is 10.0 Å². The van der Waals surface area contributed by atoms with Gasteiger partial charge >= 0.3 is 5.97 Å². The first-order valence-corrected chi connectivity index (χ1v) is 6.95. The number of hydrogen-bond donors (Lipinski definition) is 2. The van der Waals surface area contributed by atoms with E-state index < -0.39 is 21.5 Å². The molecule has 0 aliphatic carbocycles. The highest BCUT2D eigenvalue weighted by Crippen LogP contribution is 2.20. The van der Waals surface area contributed by atoms with Crippen LogP contribution >= 0.6 is 11.6 Å². The topological polar surface area (TPSA) is 83.5 Å². The van der Waals surface area contributed by atoms with Crippen molar-refractivity contribution in [3.63, 3.8) is 0 Å². The molecule has 1 aromatic rings. The van der Waals surface area contributed by atoms with Crippen molar-refractivity contribution in [1.82, 2.24) is 4.72 Å². The SMILES string of the molecule is CC(C)(C)NS(=O)(=O)c1cc(Cl)cc(C(=O)O)c1. The number of halogens is 1. The van der Waals surface area contributed by atoms with Crippen LogP contribution in [0.1, 0.15) is 31.1 Å². The highest BCUT2D eigenvalue weighted by molar-refractivity contribution is 7.89. The maximum atomic E-state index is 12.0. The van der Waals surface area contributed by atoms with E-state index in [2.05, 4.69) is 4.72 Å². The smallest absolute Gasteiger partial charge is 0.335 e. The fourth-order valence-electron chi connectivity index (χ4n) is 1.30. The molecule has 0 aliphatic rings. The average Bonchev–Trinajstić information content (AvgIpc) is 2.12. The normalized spacial score (nSPS) is 12.4.